The van der Waals surface area contributed by atoms with E-state index in [2.05, 4.69) is 10.3 Å². The van der Waals surface area contributed by atoms with Crippen LogP contribution in [-0.4, -0.2) is 34.8 Å². The number of benzene rings is 1. The zero-order valence-corrected chi connectivity index (χ0v) is 15.1. The number of halogens is 1. The number of piperazine rings is 1. The Morgan fingerprint density at radius 1 is 1.27 bits per heavy atom. The third kappa shape index (κ3) is 3.13. The predicted molar refractivity (Wildman–Crippen MR) is 98.6 cm³/mol. The molecule has 3 heterocycles. The Bertz CT molecular complexity index is 955. The fourth-order valence-corrected chi connectivity index (χ4v) is 4.53. The Labute approximate surface area is 157 Å². The van der Waals surface area contributed by atoms with Crippen LogP contribution in [0.5, 0.6) is 0 Å². The Morgan fingerprint density at radius 3 is 2.92 bits per heavy atom. The van der Waals surface area contributed by atoms with Crippen molar-refractivity contribution in [3.8, 4) is 9.88 Å². The monoisotopic (exact) mass is 387 g/mol. The molecule has 1 N–H and O–H groups in total. The first-order chi connectivity index (χ1) is 12.6. The highest BCUT2D eigenvalue weighted by Crippen LogP contribution is 2.30. The number of rotatable bonds is 3. The fraction of sp³-hybridized carbons (Fsp3) is 0.167. The van der Waals surface area contributed by atoms with E-state index in [0.29, 0.717) is 24.3 Å². The van der Waals surface area contributed by atoms with Crippen LogP contribution >= 0.6 is 22.7 Å². The van der Waals surface area contributed by atoms with Crippen molar-refractivity contribution in [3.05, 3.63) is 64.2 Å². The molecule has 1 aromatic carbocycles. The largest absolute Gasteiger partial charge is 0.352 e. The van der Waals surface area contributed by atoms with Crippen molar-refractivity contribution >= 4 is 34.5 Å². The first-order valence-electron chi connectivity index (χ1n) is 7.97. The van der Waals surface area contributed by atoms with Crippen molar-refractivity contribution in [3.63, 3.8) is 0 Å². The summed E-state index contributed by atoms with van der Waals surface area (Å²) in [5, 5.41) is 7.17. The van der Waals surface area contributed by atoms with E-state index in [0.717, 1.165) is 9.88 Å². The van der Waals surface area contributed by atoms with E-state index < -0.39 is 11.9 Å². The Hall–Kier alpha value is -2.58. The van der Waals surface area contributed by atoms with Crippen molar-refractivity contribution in [1.29, 1.82) is 0 Å². The molecule has 1 aliphatic rings. The molecule has 26 heavy (non-hydrogen) atoms. The SMILES string of the molecule is O=C1NCCN(C(=O)c2csc(-c3cccs3)n2)[C@H]1c1cccc(F)c1. The van der Waals surface area contributed by atoms with Gasteiger partial charge in [-0.3, -0.25) is 9.59 Å². The van der Waals surface area contributed by atoms with E-state index in [-0.39, 0.29) is 11.8 Å². The summed E-state index contributed by atoms with van der Waals surface area (Å²) in [6.07, 6.45) is 0. The molecule has 1 fully saturated rings. The molecular weight excluding hydrogens is 373 g/mol. The minimum Gasteiger partial charge on any atom is -0.352 e. The number of thiazole rings is 1. The van der Waals surface area contributed by atoms with Crippen molar-refractivity contribution in [2.45, 2.75) is 6.04 Å². The highest BCUT2D eigenvalue weighted by molar-refractivity contribution is 7.20. The van der Waals surface area contributed by atoms with Gasteiger partial charge in [0.1, 0.15) is 22.6 Å². The summed E-state index contributed by atoms with van der Waals surface area (Å²) < 4.78 is 13.6. The van der Waals surface area contributed by atoms with Gasteiger partial charge in [-0.1, -0.05) is 18.2 Å². The summed E-state index contributed by atoms with van der Waals surface area (Å²) in [6.45, 7) is 0.704. The van der Waals surface area contributed by atoms with Gasteiger partial charge >= 0.3 is 0 Å². The van der Waals surface area contributed by atoms with Gasteiger partial charge in [0.05, 0.1) is 4.88 Å². The van der Waals surface area contributed by atoms with Crippen LogP contribution in [0.15, 0.2) is 47.2 Å². The molecule has 3 aromatic rings. The van der Waals surface area contributed by atoms with Gasteiger partial charge in [0.2, 0.25) is 5.91 Å². The Morgan fingerprint density at radius 2 is 2.15 bits per heavy atom. The molecule has 0 saturated carbocycles. The normalized spacial score (nSPS) is 17.2. The van der Waals surface area contributed by atoms with Gasteiger partial charge in [-0.2, -0.15) is 0 Å². The lowest BCUT2D eigenvalue weighted by atomic mass is 10.0. The van der Waals surface area contributed by atoms with Gasteiger partial charge in [0.25, 0.3) is 5.91 Å². The zero-order chi connectivity index (χ0) is 18.1. The molecule has 0 unspecified atom stereocenters. The summed E-state index contributed by atoms with van der Waals surface area (Å²) in [5.41, 5.74) is 0.749. The summed E-state index contributed by atoms with van der Waals surface area (Å²) in [4.78, 5) is 32.3. The van der Waals surface area contributed by atoms with Gasteiger partial charge in [-0.15, -0.1) is 22.7 Å². The number of amides is 2. The highest BCUT2D eigenvalue weighted by atomic mass is 32.1. The molecule has 2 amide bonds. The third-order valence-electron chi connectivity index (χ3n) is 4.09. The van der Waals surface area contributed by atoms with Crippen LogP contribution < -0.4 is 5.32 Å². The summed E-state index contributed by atoms with van der Waals surface area (Å²) in [6, 6.07) is 8.79. The number of nitrogens with one attached hydrogen (secondary N) is 1. The molecule has 2 aromatic heterocycles. The van der Waals surface area contributed by atoms with Crippen LogP contribution in [0.3, 0.4) is 0 Å². The second-order valence-corrected chi connectivity index (χ2v) is 7.57. The number of nitrogens with zero attached hydrogens (tertiary/aromatic N) is 2. The van der Waals surface area contributed by atoms with Crippen LogP contribution in [0.4, 0.5) is 4.39 Å². The molecule has 4 rings (SSSR count). The number of hydrogen-bond donors (Lipinski definition) is 1. The average Bonchev–Trinajstić information content (AvgIpc) is 3.32. The molecule has 0 bridgehead atoms. The number of thiophene rings is 1. The minimum absolute atomic E-state index is 0.300. The molecule has 1 saturated heterocycles. The lowest BCUT2D eigenvalue weighted by Crippen LogP contribution is -2.52. The molecule has 0 aliphatic carbocycles. The Balaban J connectivity index is 1.66. The van der Waals surface area contributed by atoms with Crippen LogP contribution in [0.2, 0.25) is 0 Å². The zero-order valence-electron chi connectivity index (χ0n) is 13.5. The summed E-state index contributed by atoms with van der Waals surface area (Å²) in [5.74, 6) is -1.08. The minimum atomic E-state index is -0.862. The van der Waals surface area contributed by atoms with Crippen molar-refractivity contribution in [2.24, 2.45) is 0 Å². The molecule has 8 heteroatoms. The van der Waals surface area contributed by atoms with E-state index in [1.165, 1.54) is 34.4 Å². The van der Waals surface area contributed by atoms with E-state index in [9.17, 15) is 14.0 Å². The smallest absolute Gasteiger partial charge is 0.274 e. The van der Waals surface area contributed by atoms with E-state index in [1.54, 1.807) is 22.8 Å². The lowest BCUT2D eigenvalue weighted by Gasteiger charge is -2.34. The van der Waals surface area contributed by atoms with Crippen molar-refractivity contribution in [1.82, 2.24) is 15.2 Å². The first-order valence-corrected chi connectivity index (χ1v) is 9.73. The maximum Gasteiger partial charge on any atom is 0.274 e. The number of aromatic nitrogens is 1. The number of hydrogen-bond acceptors (Lipinski definition) is 5. The van der Waals surface area contributed by atoms with E-state index in [1.807, 2.05) is 17.5 Å². The third-order valence-corrected chi connectivity index (χ3v) is 5.97. The topological polar surface area (TPSA) is 62.3 Å². The standard InChI is InChI=1S/C18H14FN3O2S2/c19-12-4-1-3-11(9-12)15-16(23)20-6-7-22(15)18(24)13-10-26-17(21-13)14-5-2-8-25-14/h1-5,8-10,15H,6-7H2,(H,20,23)/t15-/m0/s1. The fourth-order valence-electron chi connectivity index (χ4n) is 2.93. The van der Waals surface area contributed by atoms with Gasteiger partial charge < -0.3 is 10.2 Å². The van der Waals surface area contributed by atoms with Gasteiger partial charge in [0, 0.05) is 18.5 Å². The second-order valence-electron chi connectivity index (χ2n) is 5.76. The average molecular weight is 387 g/mol. The van der Waals surface area contributed by atoms with Crippen molar-refractivity contribution in [2.75, 3.05) is 13.1 Å². The first kappa shape index (κ1) is 16.9. The lowest BCUT2D eigenvalue weighted by molar-refractivity contribution is -0.128. The van der Waals surface area contributed by atoms with Crippen LogP contribution in [0.25, 0.3) is 9.88 Å². The molecule has 132 valence electrons. The van der Waals surface area contributed by atoms with Gasteiger partial charge in [0.15, 0.2) is 0 Å². The number of carbonyl (C=O) groups excluding carboxylic acids is 2. The second kappa shape index (κ2) is 6.97. The van der Waals surface area contributed by atoms with Gasteiger partial charge in [-0.05, 0) is 29.1 Å². The molecule has 5 nitrogen and oxygen atoms in total. The number of carbonyl (C=O) groups is 2. The highest BCUT2D eigenvalue weighted by Gasteiger charge is 2.35. The maximum absolute atomic E-state index is 13.6. The predicted octanol–water partition coefficient (Wildman–Crippen LogP) is 3.32. The molecule has 0 radical (unpaired) electrons. The van der Waals surface area contributed by atoms with Gasteiger partial charge in [-0.25, -0.2) is 9.37 Å². The van der Waals surface area contributed by atoms with Crippen LogP contribution in [0.1, 0.15) is 22.1 Å². The molecule has 1 atom stereocenters. The maximum atomic E-state index is 13.6. The summed E-state index contributed by atoms with van der Waals surface area (Å²) >= 11 is 2.94. The van der Waals surface area contributed by atoms with Crippen LogP contribution in [0, 0.1) is 5.82 Å². The van der Waals surface area contributed by atoms with E-state index >= 15 is 0 Å². The van der Waals surface area contributed by atoms with Crippen molar-refractivity contribution < 1.29 is 14.0 Å². The summed E-state index contributed by atoms with van der Waals surface area (Å²) in [7, 11) is 0. The van der Waals surface area contributed by atoms with Crippen LogP contribution in [-0.2, 0) is 4.79 Å². The Kier molecular flexibility index (Phi) is 4.52. The quantitative estimate of drug-likeness (QED) is 0.750. The molecular formula is C18H14FN3O2S2. The van der Waals surface area contributed by atoms with E-state index in [4.69, 9.17) is 0 Å². The molecule has 1 aliphatic heterocycles. The molecule has 0 spiro atoms.